The predicted molar refractivity (Wildman–Crippen MR) is 71.0 cm³/mol. The van der Waals surface area contributed by atoms with E-state index in [1.807, 2.05) is 6.07 Å². The van der Waals surface area contributed by atoms with Crippen molar-refractivity contribution in [3.63, 3.8) is 0 Å². The summed E-state index contributed by atoms with van der Waals surface area (Å²) in [7, 11) is 0. The Balaban J connectivity index is 1.97. The monoisotopic (exact) mass is 235 g/mol. The highest BCUT2D eigenvalue weighted by Gasteiger charge is 2.30. The van der Waals surface area contributed by atoms with Crippen molar-refractivity contribution in [1.29, 1.82) is 0 Å². The van der Waals surface area contributed by atoms with Crippen LogP contribution in [0.4, 0.5) is 0 Å². The third-order valence-electron chi connectivity index (χ3n) is 4.10. The van der Waals surface area contributed by atoms with E-state index in [1.54, 1.807) is 6.26 Å². The van der Waals surface area contributed by atoms with Crippen LogP contribution >= 0.6 is 0 Å². The van der Waals surface area contributed by atoms with Crippen LogP contribution in [0.15, 0.2) is 22.8 Å². The molecule has 0 saturated heterocycles. The van der Waals surface area contributed by atoms with E-state index in [2.05, 4.69) is 25.2 Å². The van der Waals surface area contributed by atoms with E-state index in [1.165, 1.54) is 25.7 Å². The minimum absolute atomic E-state index is 0.596. The average Bonchev–Trinajstić information content (AvgIpc) is 2.95. The quantitative estimate of drug-likeness (QED) is 0.814. The lowest BCUT2D eigenvalue weighted by molar-refractivity contribution is 0.283. The first kappa shape index (κ1) is 12.7. The summed E-state index contributed by atoms with van der Waals surface area (Å²) < 4.78 is 5.50. The normalized spacial score (nSPS) is 26.2. The third-order valence-corrected chi connectivity index (χ3v) is 4.10. The third kappa shape index (κ3) is 3.35. The summed E-state index contributed by atoms with van der Waals surface area (Å²) in [4.78, 5) is 0. The smallest absolute Gasteiger partial charge is 0.105 e. The highest BCUT2D eigenvalue weighted by Crippen LogP contribution is 2.34. The molecule has 0 aliphatic heterocycles. The van der Waals surface area contributed by atoms with E-state index in [0.29, 0.717) is 6.04 Å². The second kappa shape index (κ2) is 6.25. The van der Waals surface area contributed by atoms with Crippen LogP contribution in [0.25, 0.3) is 0 Å². The summed E-state index contributed by atoms with van der Waals surface area (Å²) in [6.45, 7) is 5.75. The van der Waals surface area contributed by atoms with Gasteiger partial charge in [0, 0.05) is 12.5 Å². The minimum atomic E-state index is 0.596. The number of nitrogens with one attached hydrogen (secondary N) is 1. The van der Waals surface area contributed by atoms with Crippen molar-refractivity contribution in [3.05, 3.63) is 24.2 Å². The van der Waals surface area contributed by atoms with Gasteiger partial charge >= 0.3 is 0 Å². The summed E-state index contributed by atoms with van der Waals surface area (Å²) >= 11 is 0. The lowest BCUT2D eigenvalue weighted by atomic mass is 9.87. The summed E-state index contributed by atoms with van der Waals surface area (Å²) in [6, 6.07) is 4.68. The summed E-state index contributed by atoms with van der Waals surface area (Å²) in [5.74, 6) is 2.81. The SMILES string of the molecule is CCCNC(Cc1ccco1)C1CCCC1C. The molecule has 1 aromatic rings. The first-order valence-corrected chi connectivity index (χ1v) is 7.07. The molecule has 0 spiro atoms. The van der Waals surface area contributed by atoms with Crippen molar-refractivity contribution in [1.82, 2.24) is 5.32 Å². The Morgan fingerprint density at radius 1 is 1.47 bits per heavy atom. The van der Waals surface area contributed by atoms with E-state index in [-0.39, 0.29) is 0 Å². The Hall–Kier alpha value is -0.760. The molecule has 1 aromatic heterocycles. The zero-order valence-corrected chi connectivity index (χ0v) is 11.1. The maximum absolute atomic E-state index is 5.50. The summed E-state index contributed by atoms with van der Waals surface area (Å²) in [6.07, 6.45) is 8.20. The van der Waals surface area contributed by atoms with Gasteiger partial charge in [0.05, 0.1) is 6.26 Å². The number of hydrogen-bond donors (Lipinski definition) is 1. The topological polar surface area (TPSA) is 25.2 Å². The lowest BCUT2D eigenvalue weighted by Gasteiger charge is -2.27. The molecule has 1 heterocycles. The highest BCUT2D eigenvalue weighted by atomic mass is 16.3. The van der Waals surface area contributed by atoms with Gasteiger partial charge in [-0.2, -0.15) is 0 Å². The molecule has 1 N–H and O–H groups in total. The van der Waals surface area contributed by atoms with Crippen LogP contribution in [-0.2, 0) is 6.42 Å². The number of rotatable bonds is 6. The fourth-order valence-corrected chi connectivity index (χ4v) is 3.12. The van der Waals surface area contributed by atoms with Gasteiger partial charge in [0.1, 0.15) is 5.76 Å². The highest BCUT2D eigenvalue weighted by molar-refractivity contribution is 5.02. The van der Waals surface area contributed by atoms with Gasteiger partial charge in [-0.1, -0.05) is 26.7 Å². The van der Waals surface area contributed by atoms with Crippen LogP contribution in [0.2, 0.25) is 0 Å². The van der Waals surface area contributed by atoms with Crippen molar-refractivity contribution in [3.8, 4) is 0 Å². The average molecular weight is 235 g/mol. The second-order valence-electron chi connectivity index (χ2n) is 5.42. The molecule has 2 rings (SSSR count). The zero-order valence-electron chi connectivity index (χ0n) is 11.1. The van der Waals surface area contributed by atoms with Gasteiger partial charge < -0.3 is 9.73 Å². The Labute approximate surface area is 105 Å². The molecular weight excluding hydrogens is 210 g/mol. The number of furan rings is 1. The Kier molecular flexibility index (Phi) is 4.66. The fraction of sp³-hybridized carbons (Fsp3) is 0.733. The Bertz CT molecular complexity index is 307. The molecule has 17 heavy (non-hydrogen) atoms. The van der Waals surface area contributed by atoms with Crippen LogP contribution < -0.4 is 5.32 Å². The van der Waals surface area contributed by atoms with Crippen LogP contribution in [-0.4, -0.2) is 12.6 Å². The molecule has 2 nitrogen and oxygen atoms in total. The predicted octanol–water partition coefficient (Wildman–Crippen LogP) is 3.63. The van der Waals surface area contributed by atoms with E-state index in [4.69, 9.17) is 4.42 Å². The molecule has 0 amide bonds. The van der Waals surface area contributed by atoms with Crippen LogP contribution in [0.1, 0.15) is 45.3 Å². The van der Waals surface area contributed by atoms with Gasteiger partial charge in [0.15, 0.2) is 0 Å². The van der Waals surface area contributed by atoms with Gasteiger partial charge in [-0.15, -0.1) is 0 Å². The minimum Gasteiger partial charge on any atom is -0.469 e. The molecule has 3 unspecified atom stereocenters. The van der Waals surface area contributed by atoms with E-state index in [9.17, 15) is 0 Å². The van der Waals surface area contributed by atoms with E-state index in [0.717, 1.165) is 30.6 Å². The van der Waals surface area contributed by atoms with Crippen LogP contribution in [0, 0.1) is 11.8 Å². The van der Waals surface area contributed by atoms with Crippen LogP contribution in [0.5, 0.6) is 0 Å². The molecule has 1 fully saturated rings. The van der Waals surface area contributed by atoms with E-state index >= 15 is 0 Å². The molecule has 1 aliphatic carbocycles. The first-order chi connectivity index (χ1) is 8.31. The second-order valence-corrected chi connectivity index (χ2v) is 5.42. The molecule has 0 aromatic carbocycles. The Morgan fingerprint density at radius 2 is 2.35 bits per heavy atom. The fourth-order valence-electron chi connectivity index (χ4n) is 3.12. The van der Waals surface area contributed by atoms with Gasteiger partial charge in [0.25, 0.3) is 0 Å². The van der Waals surface area contributed by atoms with Gasteiger partial charge in [-0.3, -0.25) is 0 Å². The maximum Gasteiger partial charge on any atom is 0.105 e. The largest absolute Gasteiger partial charge is 0.469 e. The van der Waals surface area contributed by atoms with Crippen molar-refractivity contribution in [2.24, 2.45) is 11.8 Å². The van der Waals surface area contributed by atoms with E-state index < -0.39 is 0 Å². The molecule has 1 saturated carbocycles. The van der Waals surface area contributed by atoms with Gasteiger partial charge in [0.2, 0.25) is 0 Å². The molecule has 3 atom stereocenters. The van der Waals surface area contributed by atoms with Crippen molar-refractivity contribution < 1.29 is 4.42 Å². The van der Waals surface area contributed by atoms with Crippen molar-refractivity contribution in [2.45, 2.75) is 52.0 Å². The molecule has 1 aliphatic rings. The lowest BCUT2D eigenvalue weighted by Crippen LogP contribution is -2.39. The van der Waals surface area contributed by atoms with Crippen LogP contribution in [0.3, 0.4) is 0 Å². The molecule has 0 radical (unpaired) electrons. The summed E-state index contributed by atoms with van der Waals surface area (Å²) in [5.41, 5.74) is 0. The molecular formula is C15H25NO. The Morgan fingerprint density at radius 3 is 2.94 bits per heavy atom. The summed E-state index contributed by atoms with van der Waals surface area (Å²) in [5, 5.41) is 3.72. The maximum atomic E-state index is 5.50. The van der Waals surface area contributed by atoms with Crippen molar-refractivity contribution >= 4 is 0 Å². The first-order valence-electron chi connectivity index (χ1n) is 7.07. The molecule has 2 heteroatoms. The van der Waals surface area contributed by atoms with Gasteiger partial charge in [-0.25, -0.2) is 0 Å². The van der Waals surface area contributed by atoms with Gasteiger partial charge in [-0.05, 0) is 43.4 Å². The standard InChI is InChI=1S/C15H25NO/c1-3-9-16-15(11-13-7-5-10-17-13)14-8-4-6-12(14)2/h5,7,10,12,14-16H,3-4,6,8-9,11H2,1-2H3. The molecule has 0 bridgehead atoms. The zero-order chi connectivity index (χ0) is 12.1. The van der Waals surface area contributed by atoms with Crippen molar-refractivity contribution in [2.75, 3.05) is 6.54 Å². The number of hydrogen-bond acceptors (Lipinski definition) is 2. The molecule has 96 valence electrons.